The summed E-state index contributed by atoms with van der Waals surface area (Å²) in [5, 5.41) is 3.79. The van der Waals surface area contributed by atoms with Crippen LogP contribution in [0.1, 0.15) is 16.7 Å². The topological polar surface area (TPSA) is 67.8 Å². The van der Waals surface area contributed by atoms with E-state index < -0.39 is 10.0 Å². The normalized spacial score (nSPS) is 11.5. The Bertz CT molecular complexity index is 1060. The highest BCUT2D eigenvalue weighted by atomic mass is 32.2. The summed E-state index contributed by atoms with van der Waals surface area (Å²) in [5.41, 5.74) is 2.13. The first-order valence-corrected chi connectivity index (χ1v) is 10.0. The first-order valence-electron chi connectivity index (χ1n) is 8.52. The fourth-order valence-corrected chi connectivity index (χ4v) is 3.16. The van der Waals surface area contributed by atoms with Crippen LogP contribution in [-0.2, 0) is 16.6 Å². The van der Waals surface area contributed by atoms with Crippen LogP contribution in [0.3, 0.4) is 0 Å². The Hall–Kier alpha value is -3.19. The highest BCUT2D eigenvalue weighted by molar-refractivity contribution is 7.89. The van der Waals surface area contributed by atoms with Crippen molar-refractivity contribution < 1.29 is 17.5 Å². The van der Waals surface area contributed by atoms with Crippen LogP contribution in [0.5, 0.6) is 5.75 Å². The third kappa shape index (κ3) is 5.17. The zero-order valence-corrected chi connectivity index (χ0v) is 16.0. The van der Waals surface area contributed by atoms with Crippen molar-refractivity contribution in [2.75, 3.05) is 0 Å². The van der Waals surface area contributed by atoms with Gasteiger partial charge in [0.15, 0.2) is 0 Å². The minimum atomic E-state index is -3.71. The molecule has 5 nitrogen and oxygen atoms in total. The number of ether oxygens (including phenoxy) is 1. The number of hydrogen-bond acceptors (Lipinski definition) is 4. The summed E-state index contributed by atoms with van der Waals surface area (Å²) >= 11 is 0. The van der Waals surface area contributed by atoms with Gasteiger partial charge >= 0.3 is 0 Å². The van der Waals surface area contributed by atoms with E-state index in [4.69, 9.17) is 4.74 Å². The molecule has 0 saturated carbocycles. The van der Waals surface area contributed by atoms with Gasteiger partial charge in [0.25, 0.3) is 10.0 Å². The summed E-state index contributed by atoms with van der Waals surface area (Å²) < 4.78 is 43.5. The monoisotopic (exact) mass is 398 g/mol. The minimum absolute atomic E-state index is 0.121. The van der Waals surface area contributed by atoms with Crippen molar-refractivity contribution in [2.24, 2.45) is 5.10 Å². The van der Waals surface area contributed by atoms with E-state index in [9.17, 15) is 12.8 Å². The molecule has 0 heterocycles. The highest BCUT2D eigenvalue weighted by Gasteiger charge is 2.11. The summed E-state index contributed by atoms with van der Waals surface area (Å²) in [5.74, 6) is 0.257. The first kappa shape index (κ1) is 19.6. The second-order valence-electron chi connectivity index (χ2n) is 6.12. The Kier molecular flexibility index (Phi) is 6.06. The van der Waals surface area contributed by atoms with Gasteiger partial charge in [0, 0.05) is 5.56 Å². The molecule has 0 atom stereocenters. The predicted octanol–water partition coefficient (Wildman–Crippen LogP) is 4.03. The zero-order chi connectivity index (χ0) is 20.0. The van der Waals surface area contributed by atoms with E-state index in [2.05, 4.69) is 9.93 Å². The van der Waals surface area contributed by atoms with Crippen LogP contribution in [0.4, 0.5) is 4.39 Å². The lowest BCUT2D eigenvalue weighted by atomic mass is 10.2. The molecule has 144 valence electrons. The third-order valence-corrected chi connectivity index (χ3v) is 5.19. The van der Waals surface area contributed by atoms with Crippen molar-refractivity contribution >= 4 is 16.2 Å². The molecule has 0 amide bonds. The zero-order valence-electron chi connectivity index (χ0n) is 15.2. The molecule has 28 heavy (non-hydrogen) atoms. The fraction of sp³-hybridized carbons (Fsp3) is 0.0952. The highest BCUT2D eigenvalue weighted by Crippen LogP contribution is 2.15. The molecule has 0 bridgehead atoms. The number of nitrogens with zero attached hydrogens (tertiary/aromatic N) is 1. The van der Waals surface area contributed by atoms with E-state index in [0.29, 0.717) is 16.9 Å². The van der Waals surface area contributed by atoms with E-state index in [0.717, 1.165) is 5.56 Å². The van der Waals surface area contributed by atoms with Crippen LogP contribution in [0, 0.1) is 12.7 Å². The lowest BCUT2D eigenvalue weighted by Gasteiger charge is -2.07. The summed E-state index contributed by atoms with van der Waals surface area (Å²) in [6.45, 7) is 2.00. The van der Waals surface area contributed by atoms with Gasteiger partial charge in [-0.1, -0.05) is 35.9 Å². The number of nitrogens with one attached hydrogen (secondary N) is 1. The Labute approximate surface area is 163 Å². The quantitative estimate of drug-likeness (QED) is 0.483. The number of hydrogen-bond donors (Lipinski definition) is 1. The van der Waals surface area contributed by atoms with Gasteiger partial charge in [0.05, 0.1) is 11.1 Å². The lowest BCUT2D eigenvalue weighted by molar-refractivity contribution is 0.300. The largest absolute Gasteiger partial charge is 0.489 e. The molecule has 0 spiro atoms. The van der Waals surface area contributed by atoms with Gasteiger partial charge in [-0.05, 0) is 55.0 Å². The van der Waals surface area contributed by atoms with Crippen LogP contribution >= 0.6 is 0 Å². The molecule has 3 aromatic carbocycles. The maximum atomic E-state index is 13.6. The summed E-state index contributed by atoms with van der Waals surface area (Å²) in [4.78, 5) is 2.32. The molecule has 3 rings (SSSR count). The van der Waals surface area contributed by atoms with E-state index in [1.54, 1.807) is 54.6 Å². The number of halogens is 1. The van der Waals surface area contributed by atoms with Crippen molar-refractivity contribution in [1.29, 1.82) is 0 Å². The molecule has 0 unspecified atom stereocenters. The maximum absolute atomic E-state index is 13.6. The third-order valence-electron chi connectivity index (χ3n) is 3.95. The van der Waals surface area contributed by atoms with Crippen LogP contribution in [0.2, 0.25) is 0 Å². The maximum Gasteiger partial charge on any atom is 0.276 e. The summed E-state index contributed by atoms with van der Waals surface area (Å²) in [6, 6.07) is 19.8. The molecule has 1 N–H and O–H groups in total. The molecule has 0 saturated heterocycles. The van der Waals surface area contributed by atoms with E-state index in [1.165, 1.54) is 24.4 Å². The van der Waals surface area contributed by atoms with Gasteiger partial charge in [-0.25, -0.2) is 9.22 Å². The van der Waals surface area contributed by atoms with Crippen LogP contribution in [0.25, 0.3) is 0 Å². The summed E-state index contributed by atoms with van der Waals surface area (Å²) in [7, 11) is -3.71. The molecule has 0 aliphatic heterocycles. The van der Waals surface area contributed by atoms with Gasteiger partial charge in [-0.15, -0.1) is 0 Å². The number of hydrazone groups is 1. The number of benzene rings is 3. The van der Waals surface area contributed by atoms with E-state index in [-0.39, 0.29) is 17.3 Å². The SMILES string of the molecule is Cc1ccc(S(=O)(=O)NN=Cc2ccc(OCc3ccccc3F)cc2)cc1. The number of aryl methyl sites for hydroxylation is 1. The Morgan fingerprint density at radius 2 is 1.68 bits per heavy atom. The molecule has 0 fully saturated rings. The molecule has 0 aromatic heterocycles. The number of rotatable bonds is 7. The van der Waals surface area contributed by atoms with Gasteiger partial charge in [0.1, 0.15) is 18.2 Å². The summed E-state index contributed by atoms with van der Waals surface area (Å²) in [6.07, 6.45) is 1.40. The van der Waals surface area contributed by atoms with Gasteiger partial charge in [-0.2, -0.15) is 13.5 Å². The molecule has 7 heteroatoms. The average molecular weight is 398 g/mol. The van der Waals surface area contributed by atoms with Crippen molar-refractivity contribution in [3.8, 4) is 5.75 Å². The Morgan fingerprint density at radius 1 is 1.00 bits per heavy atom. The van der Waals surface area contributed by atoms with Gasteiger partial charge in [-0.3, -0.25) is 0 Å². The molecule has 0 aliphatic rings. The van der Waals surface area contributed by atoms with Gasteiger partial charge < -0.3 is 4.74 Å². The van der Waals surface area contributed by atoms with Crippen molar-refractivity contribution in [3.63, 3.8) is 0 Å². The molecular formula is C21H19FN2O3S. The standard InChI is InChI=1S/C21H19FN2O3S/c1-16-6-12-20(13-7-16)28(25,26)24-23-14-17-8-10-19(11-9-17)27-15-18-4-2-3-5-21(18)22/h2-14,24H,15H2,1H3. The van der Waals surface area contributed by atoms with Crippen molar-refractivity contribution in [3.05, 3.63) is 95.3 Å². The lowest BCUT2D eigenvalue weighted by Crippen LogP contribution is -2.18. The molecular weight excluding hydrogens is 379 g/mol. The average Bonchev–Trinajstić information content (AvgIpc) is 2.69. The second kappa shape index (κ2) is 8.67. The van der Waals surface area contributed by atoms with Gasteiger partial charge in [0.2, 0.25) is 0 Å². The molecule has 3 aromatic rings. The first-order chi connectivity index (χ1) is 13.4. The second-order valence-corrected chi connectivity index (χ2v) is 7.78. The fourth-order valence-electron chi connectivity index (χ4n) is 2.37. The number of sulfonamides is 1. The van der Waals surface area contributed by atoms with E-state index >= 15 is 0 Å². The Balaban J connectivity index is 1.58. The van der Waals surface area contributed by atoms with Crippen LogP contribution in [0.15, 0.2) is 82.8 Å². The van der Waals surface area contributed by atoms with Crippen molar-refractivity contribution in [2.45, 2.75) is 18.4 Å². The van der Waals surface area contributed by atoms with Crippen LogP contribution < -0.4 is 9.57 Å². The minimum Gasteiger partial charge on any atom is -0.489 e. The Morgan fingerprint density at radius 3 is 2.36 bits per heavy atom. The molecule has 0 aliphatic carbocycles. The molecule has 0 radical (unpaired) electrons. The predicted molar refractivity (Wildman–Crippen MR) is 106 cm³/mol. The van der Waals surface area contributed by atoms with Crippen LogP contribution in [-0.4, -0.2) is 14.6 Å². The smallest absolute Gasteiger partial charge is 0.276 e. The van der Waals surface area contributed by atoms with E-state index in [1.807, 2.05) is 6.92 Å². The van der Waals surface area contributed by atoms with Crippen molar-refractivity contribution in [1.82, 2.24) is 4.83 Å².